The summed E-state index contributed by atoms with van der Waals surface area (Å²) in [7, 11) is 0. The fourth-order valence-corrected chi connectivity index (χ4v) is 4.36. The number of fused-ring (bicyclic) bond motifs is 1. The Hall–Kier alpha value is -2.36. The molecule has 1 aromatic carbocycles. The molecule has 1 aromatic heterocycles. The highest BCUT2D eigenvalue weighted by atomic mass is 32.1. The molecule has 0 unspecified atom stereocenters. The lowest BCUT2D eigenvalue weighted by atomic mass is 10.3. The maximum atomic E-state index is 13.2. The van der Waals surface area contributed by atoms with E-state index in [1.165, 1.54) is 22.5 Å². The molecule has 2 aromatic rings. The summed E-state index contributed by atoms with van der Waals surface area (Å²) < 4.78 is 22.8. The average molecular weight is 421 g/mol. The van der Waals surface area contributed by atoms with Crippen molar-refractivity contribution in [3.8, 4) is 5.75 Å². The first kappa shape index (κ1) is 19.9. The number of nitrogens with one attached hydrogen (secondary N) is 1. The fraction of sp³-hybridized carbons (Fsp3) is 0.500. The Bertz CT molecular complexity index is 878. The topological polar surface area (TPSA) is 74.6 Å². The quantitative estimate of drug-likeness (QED) is 0.715. The van der Waals surface area contributed by atoms with E-state index in [4.69, 9.17) is 23.9 Å². The van der Waals surface area contributed by atoms with Crippen LogP contribution in [0.15, 0.2) is 30.2 Å². The zero-order chi connectivity index (χ0) is 20.1. The lowest BCUT2D eigenvalue weighted by Crippen LogP contribution is -3.14. The van der Waals surface area contributed by atoms with E-state index in [9.17, 15) is 4.79 Å². The van der Waals surface area contributed by atoms with Crippen molar-refractivity contribution >= 4 is 32.6 Å². The summed E-state index contributed by atoms with van der Waals surface area (Å²) in [5.74, 6) is 0.807. The first-order valence-electron chi connectivity index (χ1n) is 9.95. The highest BCUT2D eigenvalue weighted by Gasteiger charge is 2.28. The van der Waals surface area contributed by atoms with Gasteiger partial charge < -0.3 is 23.8 Å². The Kier molecular flexibility index (Phi) is 6.48. The fourth-order valence-electron chi connectivity index (χ4n) is 3.34. The molecule has 0 aliphatic carbocycles. The number of aromatic nitrogens is 1. The van der Waals surface area contributed by atoms with Crippen molar-refractivity contribution in [2.45, 2.75) is 6.92 Å². The van der Waals surface area contributed by atoms with Gasteiger partial charge in [0.25, 0.3) is 5.91 Å². The van der Waals surface area contributed by atoms with E-state index in [1.54, 1.807) is 4.90 Å². The number of thiazole rings is 1. The third-order valence-corrected chi connectivity index (χ3v) is 5.93. The lowest BCUT2D eigenvalue weighted by molar-refractivity contribution is -0.906. The second-order valence-corrected chi connectivity index (χ2v) is 7.84. The summed E-state index contributed by atoms with van der Waals surface area (Å²) in [5, 5.41) is 0.654. The highest BCUT2D eigenvalue weighted by Crippen LogP contribution is 2.32. The van der Waals surface area contributed by atoms with Gasteiger partial charge >= 0.3 is 0 Å². The van der Waals surface area contributed by atoms with Crippen molar-refractivity contribution in [3.05, 3.63) is 30.2 Å². The summed E-state index contributed by atoms with van der Waals surface area (Å²) in [4.78, 5) is 21.0. The van der Waals surface area contributed by atoms with Crippen molar-refractivity contribution in [1.29, 1.82) is 0 Å². The summed E-state index contributed by atoms with van der Waals surface area (Å²) in [6.45, 7) is 8.17. The number of amides is 1. The van der Waals surface area contributed by atoms with Crippen LogP contribution in [-0.2, 0) is 19.0 Å². The van der Waals surface area contributed by atoms with Crippen LogP contribution in [0.3, 0.4) is 0 Å². The van der Waals surface area contributed by atoms with Crippen LogP contribution in [0.2, 0.25) is 0 Å². The maximum absolute atomic E-state index is 13.2. The van der Waals surface area contributed by atoms with Gasteiger partial charge in [-0.05, 0) is 25.1 Å². The second kappa shape index (κ2) is 9.43. The predicted molar refractivity (Wildman–Crippen MR) is 110 cm³/mol. The van der Waals surface area contributed by atoms with Crippen LogP contribution >= 0.6 is 11.3 Å². The van der Waals surface area contributed by atoms with E-state index < -0.39 is 0 Å². The van der Waals surface area contributed by atoms with Crippen LogP contribution in [0.1, 0.15) is 6.92 Å². The number of nitrogens with zero attached hydrogens (tertiary/aromatic N) is 2. The van der Waals surface area contributed by atoms with Gasteiger partial charge in [-0.15, -0.1) is 0 Å². The van der Waals surface area contributed by atoms with Gasteiger partial charge in [0.2, 0.25) is 5.76 Å². The zero-order valence-electron chi connectivity index (χ0n) is 16.5. The number of morpholine rings is 1. The molecule has 1 fully saturated rings. The zero-order valence-corrected chi connectivity index (χ0v) is 17.3. The number of hydrogen-bond acceptors (Lipinski definition) is 7. The number of anilines is 1. The van der Waals surface area contributed by atoms with Gasteiger partial charge in [0.1, 0.15) is 38.3 Å². The van der Waals surface area contributed by atoms with Crippen molar-refractivity contribution in [2.75, 3.05) is 64.1 Å². The Balaban J connectivity index is 1.58. The molecule has 0 bridgehead atoms. The van der Waals surface area contributed by atoms with Crippen molar-refractivity contribution < 1.29 is 28.6 Å². The number of carbonyl (C=O) groups is 1. The van der Waals surface area contributed by atoms with E-state index in [0.29, 0.717) is 31.5 Å². The monoisotopic (exact) mass is 420 g/mol. The van der Waals surface area contributed by atoms with E-state index in [1.807, 2.05) is 25.1 Å². The molecule has 9 heteroatoms. The molecule has 4 rings (SSSR count). The molecule has 1 amide bonds. The van der Waals surface area contributed by atoms with E-state index in [-0.39, 0.29) is 11.7 Å². The molecular formula is C20H26N3O5S+. The van der Waals surface area contributed by atoms with Crippen LogP contribution in [0.25, 0.3) is 10.2 Å². The minimum absolute atomic E-state index is 0.221. The van der Waals surface area contributed by atoms with Crippen LogP contribution in [0, 0.1) is 0 Å². The Morgan fingerprint density at radius 3 is 2.90 bits per heavy atom. The molecule has 29 heavy (non-hydrogen) atoms. The molecule has 0 radical (unpaired) electrons. The number of carbonyl (C=O) groups excluding carboxylic acids is 1. The van der Waals surface area contributed by atoms with Gasteiger partial charge in [-0.1, -0.05) is 11.3 Å². The molecule has 2 aliphatic heterocycles. The normalized spacial score (nSPS) is 17.3. The van der Waals surface area contributed by atoms with Gasteiger partial charge in [0.05, 0.1) is 43.1 Å². The Morgan fingerprint density at radius 1 is 1.28 bits per heavy atom. The number of hydrogen-bond donors (Lipinski definition) is 1. The number of quaternary nitrogens is 1. The molecule has 0 atom stereocenters. The van der Waals surface area contributed by atoms with Crippen molar-refractivity contribution in [3.63, 3.8) is 0 Å². The van der Waals surface area contributed by atoms with E-state index >= 15 is 0 Å². The molecule has 0 saturated carbocycles. The van der Waals surface area contributed by atoms with Gasteiger partial charge in [-0.25, -0.2) is 4.98 Å². The summed E-state index contributed by atoms with van der Waals surface area (Å²) in [6, 6.07) is 5.80. The minimum Gasteiger partial charge on any atom is -0.494 e. The molecule has 0 spiro atoms. The lowest BCUT2D eigenvalue weighted by Gasteiger charge is -2.27. The first-order valence-corrected chi connectivity index (χ1v) is 10.8. The van der Waals surface area contributed by atoms with Gasteiger partial charge in [-0.3, -0.25) is 9.69 Å². The Morgan fingerprint density at radius 2 is 2.14 bits per heavy atom. The molecular weight excluding hydrogens is 394 g/mol. The molecule has 156 valence electrons. The summed E-state index contributed by atoms with van der Waals surface area (Å²) in [5.41, 5.74) is 0.847. The van der Waals surface area contributed by atoms with Crippen LogP contribution in [0.4, 0.5) is 5.13 Å². The smallest absolute Gasteiger partial charge is 0.298 e. The van der Waals surface area contributed by atoms with Crippen molar-refractivity contribution in [1.82, 2.24) is 4.98 Å². The highest BCUT2D eigenvalue weighted by molar-refractivity contribution is 7.22. The standard InChI is InChI=1S/C20H25N3O5S/c1-2-27-15-3-4-16-18(13-15)29-20(21-16)23(6-5-22-7-9-25-10-8-22)19(24)17-14-26-11-12-28-17/h3-4,13-14H,2,5-12H2,1H3/p+1. The molecule has 1 N–H and O–H groups in total. The maximum Gasteiger partial charge on any atom is 0.298 e. The van der Waals surface area contributed by atoms with Crippen LogP contribution in [-0.4, -0.2) is 70.1 Å². The molecule has 1 saturated heterocycles. The third-order valence-electron chi connectivity index (χ3n) is 4.88. The minimum atomic E-state index is -0.221. The SMILES string of the molecule is CCOc1ccc2nc(N(CC[NH+]3CCOCC3)C(=O)C3=COCCO3)sc2c1. The first-order chi connectivity index (χ1) is 14.2. The van der Waals surface area contributed by atoms with Crippen LogP contribution < -0.4 is 14.5 Å². The van der Waals surface area contributed by atoms with Crippen LogP contribution in [0.5, 0.6) is 5.75 Å². The molecule has 3 heterocycles. The summed E-state index contributed by atoms with van der Waals surface area (Å²) in [6.07, 6.45) is 1.40. The van der Waals surface area contributed by atoms with Gasteiger partial charge in [0.15, 0.2) is 5.13 Å². The van der Waals surface area contributed by atoms with E-state index in [0.717, 1.165) is 48.8 Å². The van der Waals surface area contributed by atoms with Gasteiger partial charge in [0, 0.05) is 0 Å². The predicted octanol–water partition coefficient (Wildman–Crippen LogP) is 0.831. The second-order valence-electron chi connectivity index (χ2n) is 6.83. The molecule has 8 nitrogen and oxygen atoms in total. The Labute approximate surface area is 173 Å². The number of rotatable bonds is 7. The largest absolute Gasteiger partial charge is 0.494 e. The molecule has 2 aliphatic rings. The summed E-state index contributed by atoms with van der Waals surface area (Å²) >= 11 is 1.48. The van der Waals surface area contributed by atoms with E-state index in [2.05, 4.69) is 0 Å². The van der Waals surface area contributed by atoms with Gasteiger partial charge in [-0.2, -0.15) is 0 Å². The average Bonchev–Trinajstić information content (AvgIpc) is 3.18. The number of ether oxygens (including phenoxy) is 4. The number of benzene rings is 1. The third kappa shape index (κ3) is 4.80. The van der Waals surface area contributed by atoms with Crippen molar-refractivity contribution in [2.24, 2.45) is 0 Å².